The Bertz CT molecular complexity index is 1140. The summed E-state index contributed by atoms with van der Waals surface area (Å²) in [7, 11) is 0. The summed E-state index contributed by atoms with van der Waals surface area (Å²) in [4.78, 5) is 41.6. The molecule has 2 aromatic heterocycles. The van der Waals surface area contributed by atoms with E-state index < -0.39 is 17.2 Å². The van der Waals surface area contributed by atoms with E-state index in [1.807, 2.05) is 32.0 Å². The summed E-state index contributed by atoms with van der Waals surface area (Å²) in [6, 6.07) is 5.76. The maximum atomic E-state index is 12.1. The molecule has 0 aliphatic rings. The van der Waals surface area contributed by atoms with Gasteiger partial charge in [-0.3, -0.25) is 19.1 Å². The Kier molecular flexibility index (Phi) is 4.76. The first kappa shape index (κ1) is 18.3. The van der Waals surface area contributed by atoms with Crippen LogP contribution in [0, 0.1) is 20.8 Å². The zero-order valence-electron chi connectivity index (χ0n) is 15.3. The molecular weight excluding hydrogens is 348 g/mol. The Morgan fingerprint density at radius 3 is 2.63 bits per heavy atom. The van der Waals surface area contributed by atoms with E-state index in [4.69, 9.17) is 5.73 Å². The van der Waals surface area contributed by atoms with E-state index in [-0.39, 0.29) is 18.8 Å². The number of hydrogen-bond donors (Lipinski definition) is 2. The first-order valence-corrected chi connectivity index (χ1v) is 8.36. The van der Waals surface area contributed by atoms with Crippen LogP contribution in [0.2, 0.25) is 0 Å². The molecule has 9 nitrogen and oxygen atoms in total. The Morgan fingerprint density at radius 2 is 1.93 bits per heavy atom. The largest absolute Gasteiger partial charge is 0.369 e. The minimum Gasteiger partial charge on any atom is -0.369 e. The molecule has 1 aromatic carbocycles. The van der Waals surface area contributed by atoms with E-state index in [0.717, 1.165) is 16.8 Å². The minimum atomic E-state index is -0.545. The van der Waals surface area contributed by atoms with Gasteiger partial charge in [0.2, 0.25) is 5.91 Å². The van der Waals surface area contributed by atoms with Gasteiger partial charge in [-0.25, -0.2) is 14.5 Å². The van der Waals surface area contributed by atoms with Crippen molar-refractivity contribution in [1.82, 2.24) is 24.3 Å². The molecule has 0 spiro atoms. The van der Waals surface area contributed by atoms with Crippen molar-refractivity contribution >= 4 is 5.91 Å². The minimum absolute atomic E-state index is 0.0790. The zero-order valence-corrected chi connectivity index (χ0v) is 15.3. The predicted molar refractivity (Wildman–Crippen MR) is 98.9 cm³/mol. The summed E-state index contributed by atoms with van der Waals surface area (Å²) in [6.45, 7) is 5.63. The van der Waals surface area contributed by atoms with Crippen LogP contribution in [0.1, 0.15) is 28.3 Å². The van der Waals surface area contributed by atoms with E-state index in [2.05, 4.69) is 15.1 Å². The van der Waals surface area contributed by atoms with Crippen LogP contribution >= 0.6 is 0 Å². The molecule has 0 bridgehead atoms. The number of nitrogens with two attached hydrogens (primary N) is 1. The Hall–Kier alpha value is -3.49. The van der Waals surface area contributed by atoms with Gasteiger partial charge in [0.25, 0.3) is 5.56 Å². The number of aryl methyl sites for hydroxylation is 2. The van der Waals surface area contributed by atoms with Crippen molar-refractivity contribution in [1.29, 1.82) is 0 Å². The van der Waals surface area contributed by atoms with Crippen molar-refractivity contribution in [2.75, 3.05) is 0 Å². The average Bonchev–Trinajstić information content (AvgIpc) is 2.96. The van der Waals surface area contributed by atoms with Gasteiger partial charge in [-0.05, 0) is 38.0 Å². The maximum absolute atomic E-state index is 12.1. The lowest BCUT2D eigenvalue weighted by atomic mass is 10.1. The molecule has 0 radical (unpaired) electrons. The van der Waals surface area contributed by atoms with Crippen molar-refractivity contribution < 1.29 is 4.79 Å². The zero-order chi connectivity index (χ0) is 19.7. The second-order valence-corrected chi connectivity index (χ2v) is 6.42. The fourth-order valence-corrected chi connectivity index (χ4v) is 2.77. The SMILES string of the molecule is Cc1cccc(-n2nc(CC(N)=O)nc2Cn2cc(C)c(=O)[nH]c2=O)c1C. The smallest absolute Gasteiger partial charge is 0.328 e. The predicted octanol–water partition coefficient (Wildman–Crippen LogP) is 0.119. The first-order chi connectivity index (χ1) is 12.8. The van der Waals surface area contributed by atoms with Crippen LogP contribution in [0.3, 0.4) is 0 Å². The first-order valence-electron chi connectivity index (χ1n) is 8.36. The number of carbonyl (C=O) groups is 1. The van der Waals surface area contributed by atoms with Gasteiger partial charge >= 0.3 is 5.69 Å². The topological polar surface area (TPSA) is 129 Å². The third kappa shape index (κ3) is 3.71. The molecule has 0 saturated carbocycles. The molecule has 0 unspecified atom stereocenters. The third-order valence-corrected chi connectivity index (χ3v) is 4.36. The van der Waals surface area contributed by atoms with E-state index in [9.17, 15) is 14.4 Å². The number of nitrogens with one attached hydrogen (secondary N) is 1. The molecule has 0 aliphatic carbocycles. The molecule has 0 aliphatic heterocycles. The number of H-pyrrole nitrogens is 1. The molecule has 0 atom stereocenters. The second-order valence-electron chi connectivity index (χ2n) is 6.42. The van der Waals surface area contributed by atoms with Gasteiger partial charge in [-0.2, -0.15) is 5.10 Å². The Balaban J connectivity index is 2.14. The molecule has 2 heterocycles. The fourth-order valence-electron chi connectivity index (χ4n) is 2.77. The lowest BCUT2D eigenvalue weighted by Gasteiger charge is -2.12. The van der Waals surface area contributed by atoms with Gasteiger partial charge in [0.05, 0.1) is 18.7 Å². The van der Waals surface area contributed by atoms with E-state index in [0.29, 0.717) is 11.4 Å². The van der Waals surface area contributed by atoms with E-state index in [1.165, 1.54) is 10.8 Å². The summed E-state index contributed by atoms with van der Waals surface area (Å²) < 4.78 is 2.95. The van der Waals surface area contributed by atoms with Crippen molar-refractivity contribution in [2.24, 2.45) is 5.73 Å². The molecule has 3 aromatic rings. The molecule has 1 amide bonds. The summed E-state index contributed by atoms with van der Waals surface area (Å²) in [5.74, 6) is 0.179. The number of aromatic nitrogens is 5. The van der Waals surface area contributed by atoms with Gasteiger partial charge in [0, 0.05) is 11.8 Å². The summed E-state index contributed by atoms with van der Waals surface area (Å²) >= 11 is 0. The highest BCUT2D eigenvalue weighted by Gasteiger charge is 2.16. The van der Waals surface area contributed by atoms with Gasteiger partial charge in [-0.15, -0.1) is 0 Å². The molecule has 9 heteroatoms. The number of rotatable bonds is 5. The van der Waals surface area contributed by atoms with Crippen LogP contribution in [-0.4, -0.2) is 30.2 Å². The van der Waals surface area contributed by atoms with Gasteiger partial charge < -0.3 is 5.73 Å². The number of aromatic amines is 1. The molecule has 3 rings (SSSR count). The number of amides is 1. The molecule has 140 valence electrons. The highest BCUT2D eigenvalue weighted by atomic mass is 16.2. The molecule has 3 N–H and O–H groups in total. The monoisotopic (exact) mass is 368 g/mol. The van der Waals surface area contributed by atoms with E-state index >= 15 is 0 Å². The highest BCUT2D eigenvalue weighted by Crippen LogP contribution is 2.19. The quantitative estimate of drug-likeness (QED) is 0.661. The van der Waals surface area contributed by atoms with Gasteiger partial charge in [-0.1, -0.05) is 12.1 Å². The molecule has 0 saturated heterocycles. The molecular formula is C18H20N6O3. The van der Waals surface area contributed by atoms with E-state index in [1.54, 1.807) is 11.6 Å². The summed E-state index contributed by atoms with van der Waals surface area (Å²) in [6.07, 6.45) is 1.36. The van der Waals surface area contributed by atoms with Crippen molar-refractivity contribution in [3.05, 3.63) is 73.6 Å². The number of carbonyl (C=O) groups excluding carboxylic acids is 1. The lowest BCUT2D eigenvalue weighted by molar-refractivity contribution is -0.117. The molecule has 0 fully saturated rings. The summed E-state index contributed by atoms with van der Waals surface area (Å²) in [5.41, 5.74) is 7.57. The van der Waals surface area contributed by atoms with Crippen LogP contribution in [-0.2, 0) is 17.8 Å². The number of hydrogen-bond acceptors (Lipinski definition) is 5. The van der Waals surface area contributed by atoms with Gasteiger partial charge in [0.1, 0.15) is 0 Å². The van der Waals surface area contributed by atoms with Crippen LogP contribution in [0.4, 0.5) is 0 Å². The van der Waals surface area contributed by atoms with Crippen LogP contribution in [0.15, 0.2) is 34.0 Å². The lowest BCUT2D eigenvalue weighted by Crippen LogP contribution is -2.31. The number of primary amides is 1. The highest BCUT2D eigenvalue weighted by molar-refractivity contribution is 5.75. The number of nitrogens with zero attached hydrogens (tertiary/aromatic N) is 4. The fraction of sp³-hybridized carbons (Fsp3) is 0.278. The Labute approximate surface area is 154 Å². The number of benzene rings is 1. The van der Waals surface area contributed by atoms with Crippen LogP contribution < -0.4 is 17.0 Å². The van der Waals surface area contributed by atoms with Crippen molar-refractivity contribution in [3.8, 4) is 5.69 Å². The normalized spacial score (nSPS) is 10.9. The average molecular weight is 368 g/mol. The standard InChI is InChI=1S/C18H20N6O3/c1-10-5-4-6-13(12(10)3)24-16(20-15(22-24)7-14(19)25)9-23-8-11(2)17(26)21-18(23)27/h4-6,8H,7,9H2,1-3H3,(H2,19,25)(H,21,26,27). The molecule has 27 heavy (non-hydrogen) atoms. The van der Waals surface area contributed by atoms with Crippen molar-refractivity contribution in [3.63, 3.8) is 0 Å². The third-order valence-electron chi connectivity index (χ3n) is 4.36. The van der Waals surface area contributed by atoms with Crippen molar-refractivity contribution in [2.45, 2.75) is 33.7 Å². The Morgan fingerprint density at radius 1 is 1.19 bits per heavy atom. The van der Waals surface area contributed by atoms with Gasteiger partial charge in [0.15, 0.2) is 11.6 Å². The van der Waals surface area contributed by atoms with Crippen LogP contribution in [0.5, 0.6) is 0 Å². The second kappa shape index (κ2) is 7.02. The maximum Gasteiger partial charge on any atom is 0.328 e. The summed E-state index contributed by atoms with van der Waals surface area (Å²) in [5, 5.41) is 4.41. The van der Waals surface area contributed by atoms with Crippen LogP contribution in [0.25, 0.3) is 5.69 Å².